The Kier molecular flexibility index (Phi) is 8.54. The molecule has 2 aliphatic heterocycles. The van der Waals surface area contributed by atoms with Crippen molar-refractivity contribution in [2.75, 3.05) is 57.8 Å². The minimum absolute atomic E-state index is 0.325. The van der Waals surface area contributed by atoms with Crippen LogP contribution in [0.5, 0.6) is 5.75 Å². The number of aliphatic carboxylic acids is 1. The molecule has 0 unspecified atom stereocenters. The van der Waals surface area contributed by atoms with E-state index >= 15 is 0 Å². The standard InChI is InChI=1S/C32H36N4O5/c1-41-28-17-9-8-16-27(28)34-22-20-33(21-23-34)18-10-11-19-36-31(40)35(24-29(37)38)30(39)32(36,25-12-4-2-5-13-25)26-14-6-3-7-15-26/h2-9,12-17H,10-11,18-24H2,1H3,(H,37,38). The summed E-state index contributed by atoms with van der Waals surface area (Å²) in [5.74, 6) is -0.881. The second kappa shape index (κ2) is 12.4. The van der Waals surface area contributed by atoms with Crippen molar-refractivity contribution in [3.63, 3.8) is 0 Å². The summed E-state index contributed by atoms with van der Waals surface area (Å²) in [6, 6.07) is 25.9. The molecular weight excluding hydrogens is 520 g/mol. The highest BCUT2D eigenvalue weighted by Crippen LogP contribution is 2.43. The number of nitrogens with zero attached hydrogens (tertiary/aromatic N) is 4. The van der Waals surface area contributed by atoms with Crippen LogP contribution in [0.3, 0.4) is 0 Å². The van der Waals surface area contributed by atoms with E-state index in [1.807, 2.05) is 78.9 Å². The monoisotopic (exact) mass is 556 g/mol. The van der Waals surface area contributed by atoms with E-state index < -0.39 is 30.0 Å². The fourth-order valence-corrected chi connectivity index (χ4v) is 6.02. The van der Waals surface area contributed by atoms with Gasteiger partial charge < -0.3 is 19.6 Å². The summed E-state index contributed by atoms with van der Waals surface area (Å²) in [6.07, 6.45) is 1.51. The molecule has 0 atom stereocenters. The lowest BCUT2D eigenvalue weighted by Gasteiger charge is -2.37. The molecule has 0 aliphatic carbocycles. The second-order valence-corrected chi connectivity index (χ2v) is 10.4. The van der Waals surface area contributed by atoms with Gasteiger partial charge in [0.2, 0.25) is 0 Å². The zero-order valence-electron chi connectivity index (χ0n) is 23.3. The normalized spacial score (nSPS) is 17.2. The van der Waals surface area contributed by atoms with Gasteiger partial charge in [0.1, 0.15) is 12.3 Å². The van der Waals surface area contributed by atoms with Crippen LogP contribution >= 0.6 is 0 Å². The molecule has 3 amide bonds. The number of hydrogen-bond acceptors (Lipinski definition) is 6. The zero-order valence-corrected chi connectivity index (χ0v) is 23.3. The Hall–Kier alpha value is -4.37. The Labute approximate surface area is 240 Å². The molecule has 2 saturated heterocycles. The van der Waals surface area contributed by atoms with Crippen molar-refractivity contribution in [2.45, 2.75) is 18.4 Å². The van der Waals surface area contributed by atoms with Crippen molar-refractivity contribution in [3.05, 3.63) is 96.1 Å². The summed E-state index contributed by atoms with van der Waals surface area (Å²) in [4.78, 5) is 46.6. The van der Waals surface area contributed by atoms with Crippen molar-refractivity contribution in [1.82, 2.24) is 14.7 Å². The van der Waals surface area contributed by atoms with Crippen molar-refractivity contribution in [1.29, 1.82) is 0 Å². The summed E-state index contributed by atoms with van der Waals surface area (Å²) in [7, 11) is 1.69. The van der Waals surface area contributed by atoms with Gasteiger partial charge in [-0.3, -0.25) is 19.4 Å². The van der Waals surface area contributed by atoms with Crippen molar-refractivity contribution < 1.29 is 24.2 Å². The molecule has 9 nitrogen and oxygen atoms in total. The first-order valence-corrected chi connectivity index (χ1v) is 14.0. The molecule has 214 valence electrons. The van der Waals surface area contributed by atoms with Crippen LogP contribution in [0.15, 0.2) is 84.9 Å². The van der Waals surface area contributed by atoms with E-state index in [1.165, 1.54) is 0 Å². The molecule has 1 N–H and O–H groups in total. The van der Waals surface area contributed by atoms with Gasteiger partial charge in [0, 0.05) is 32.7 Å². The number of carboxylic acids is 1. The molecule has 2 aliphatic rings. The average molecular weight is 557 g/mol. The quantitative estimate of drug-likeness (QED) is 0.283. The van der Waals surface area contributed by atoms with Gasteiger partial charge in [-0.1, -0.05) is 72.8 Å². The molecule has 0 radical (unpaired) electrons. The maximum absolute atomic E-state index is 14.0. The highest BCUT2D eigenvalue weighted by Gasteiger charge is 2.59. The van der Waals surface area contributed by atoms with Gasteiger partial charge in [0.05, 0.1) is 12.8 Å². The van der Waals surface area contributed by atoms with Gasteiger partial charge in [-0.25, -0.2) is 4.79 Å². The van der Waals surface area contributed by atoms with Crippen molar-refractivity contribution >= 4 is 23.6 Å². The fourth-order valence-electron chi connectivity index (χ4n) is 6.02. The molecule has 5 rings (SSSR count). The Morgan fingerprint density at radius 2 is 1.37 bits per heavy atom. The van der Waals surface area contributed by atoms with Gasteiger partial charge in [-0.15, -0.1) is 0 Å². The summed E-state index contributed by atoms with van der Waals surface area (Å²) in [6.45, 7) is 4.16. The minimum atomic E-state index is -1.42. The van der Waals surface area contributed by atoms with Crippen LogP contribution < -0.4 is 9.64 Å². The number of para-hydroxylation sites is 2. The number of piperazine rings is 1. The van der Waals surface area contributed by atoms with Crippen LogP contribution in [-0.4, -0.2) is 90.6 Å². The van der Waals surface area contributed by atoms with Gasteiger partial charge in [-0.05, 0) is 42.6 Å². The van der Waals surface area contributed by atoms with Gasteiger partial charge in [0.25, 0.3) is 5.91 Å². The summed E-state index contributed by atoms with van der Waals surface area (Å²) < 4.78 is 5.53. The third kappa shape index (κ3) is 5.50. The van der Waals surface area contributed by atoms with E-state index in [-0.39, 0.29) is 0 Å². The van der Waals surface area contributed by atoms with Crippen LogP contribution in [0, 0.1) is 0 Å². The Bertz CT molecular complexity index is 1320. The van der Waals surface area contributed by atoms with Gasteiger partial charge in [0.15, 0.2) is 5.54 Å². The molecular formula is C32H36N4O5. The van der Waals surface area contributed by atoms with E-state index in [0.717, 1.165) is 55.5 Å². The predicted octanol–water partition coefficient (Wildman–Crippen LogP) is 3.89. The first kappa shape index (κ1) is 28.2. The van der Waals surface area contributed by atoms with E-state index in [2.05, 4.69) is 15.9 Å². The fraction of sp³-hybridized carbons (Fsp3) is 0.344. The number of hydrogen-bond donors (Lipinski definition) is 1. The molecule has 2 heterocycles. The van der Waals surface area contributed by atoms with Crippen molar-refractivity contribution in [2.24, 2.45) is 0 Å². The number of ether oxygens (including phenoxy) is 1. The molecule has 2 fully saturated rings. The Morgan fingerprint density at radius 3 is 1.95 bits per heavy atom. The maximum Gasteiger partial charge on any atom is 0.328 e. The third-order valence-corrected chi connectivity index (χ3v) is 8.00. The topological polar surface area (TPSA) is 93.6 Å². The lowest BCUT2D eigenvalue weighted by Crippen LogP contribution is -2.49. The summed E-state index contributed by atoms with van der Waals surface area (Å²) >= 11 is 0. The predicted molar refractivity (Wildman–Crippen MR) is 156 cm³/mol. The SMILES string of the molecule is COc1ccccc1N1CCN(CCCCN2C(=O)N(CC(=O)O)C(=O)C2(c2ccccc2)c2ccccc2)CC1. The smallest absolute Gasteiger partial charge is 0.328 e. The Balaban J connectivity index is 1.30. The number of carbonyl (C=O) groups excluding carboxylic acids is 2. The first-order chi connectivity index (χ1) is 20.0. The van der Waals surface area contributed by atoms with Crippen LogP contribution in [0.25, 0.3) is 0 Å². The third-order valence-electron chi connectivity index (χ3n) is 8.00. The highest BCUT2D eigenvalue weighted by atomic mass is 16.5. The zero-order chi connectivity index (χ0) is 28.8. The number of urea groups is 1. The number of anilines is 1. The van der Waals surface area contributed by atoms with E-state index in [4.69, 9.17) is 4.74 Å². The number of imide groups is 1. The molecule has 3 aromatic rings. The number of carbonyl (C=O) groups is 3. The number of carboxylic acid groups (broad SMARTS) is 1. The summed E-state index contributed by atoms with van der Waals surface area (Å²) in [5, 5.41) is 9.51. The van der Waals surface area contributed by atoms with Crippen LogP contribution in [0.2, 0.25) is 0 Å². The van der Waals surface area contributed by atoms with Gasteiger partial charge >= 0.3 is 12.0 Å². The molecule has 0 saturated carbocycles. The molecule has 0 spiro atoms. The van der Waals surface area contributed by atoms with Gasteiger partial charge in [-0.2, -0.15) is 0 Å². The lowest BCUT2D eigenvalue weighted by atomic mass is 9.81. The average Bonchev–Trinajstić information content (AvgIpc) is 3.22. The number of unbranched alkanes of at least 4 members (excludes halogenated alkanes) is 1. The van der Waals surface area contributed by atoms with E-state index in [0.29, 0.717) is 24.1 Å². The van der Waals surface area contributed by atoms with E-state index in [1.54, 1.807) is 12.0 Å². The Morgan fingerprint density at radius 1 is 0.805 bits per heavy atom. The molecule has 0 aromatic heterocycles. The van der Waals surface area contributed by atoms with Crippen LogP contribution in [0.4, 0.5) is 10.5 Å². The lowest BCUT2D eigenvalue weighted by molar-refractivity contribution is -0.142. The largest absolute Gasteiger partial charge is 0.495 e. The number of rotatable bonds is 11. The van der Waals surface area contributed by atoms with Crippen LogP contribution in [0.1, 0.15) is 24.0 Å². The number of methoxy groups -OCH3 is 1. The molecule has 3 aromatic carbocycles. The highest BCUT2D eigenvalue weighted by molar-refractivity contribution is 6.11. The molecule has 41 heavy (non-hydrogen) atoms. The number of amides is 3. The first-order valence-electron chi connectivity index (χ1n) is 14.0. The maximum atomic E-state index is 14.0. The molecule has 0 bridgehead atoms. The van der Waals surface area contributed by atoms with Crippen molar-refractivity contribution in [3.8, 4) is 5.75 Å². The second-order valence-electron chi connectivity index (χ2n) is 10.4. The minimum Gasteiger partial charge on any atom is -0.495 e. The number of benzene rings is 3. The molecule has 9 heteroatoms. The summed E-state index contributed by atoms with van der Waals surface area (Å²) in [5.41, 5.74) is 0.973. The van der Waals surface area contributed by atoms with E-state index in [9.17, 15) is 19.5 Å². The van der Waals surface area contributed by atoms with Crippen LogP contribution in [-0.2, 0) is 15.1 Å².